The molecule has 1 amide bonds. The van der Waals surface area contributed by atoms with Crippen LogP contribution in [0.5, 0.6) is 11.5 Å². The molecule has 0 aromatic heterocycles. The van der Waals surface area contributed by atoms with Crippen molar-refractivity contribution in [2.24, 2.45) is 0 Å². The summed E-state index contributed by atoms with van der Waals surface area (Å²) in [6.45, 7) is 15.5. The molecule has 7 nitrogen and oxygen atoms in total. The fourth-order valence-corrected chi connectivity index (χ4v) is 4.16. The Bertz CT molecular complexity index is 1070. The second kappa shape index (κ2) is 10.9. The van der Waals surface area contributed by atoms with Crippen LogP contribution >= 0.6 is 0 Å². The fraction of sp³-hybridized carbons (Fsp3) is 0.481. The minimum Gasteiger partial charge on any atom is -0.543 e. The van der Waals surface area contributed by atoms with Gasteiger partial charge in [0, 0.05) is 17.3 Å². The van der Waals surface area contributed by atoms with Crippen LogP contribution in [0.4, 0.5) is 14.9 Å². The number of ether oxygens (including phenoxy) is 3. The molecule has 2 rings (SSSR count). The minimum absolute atomic E-state index is 0.0499. The summed E-state index contributed by atoms with van der Waals surface area (Å²) >= 11 is 0. The number of methoxy groups -OCH3 is 2. The SMILES string of the molecule is COC(=O)[C@H](c1ccc(O[Si](C)(C)C(C)(C)C)cc1F)N(C(=O)OC(C)(C)C)c1ccc(OC)cc1. The van der Waals surface area contributed by atoms with E-state index in [0.29, 0.717) is 17.2 Å². The van der Waals surface area contributed by atoms with E-state index in [-0.39, 0.29) is 10.6 Å². The Morgan fingerprint density at radius 2 is 1.47 bits per heavy atom. The first-order valence-electron chi connectivity index (χ1n) is 11.7. The highest BCUT2D eigenvalue weighted by Gasteiger charge is 2.40. The van der Waals surface area contributed by atoms with Gasteiger partial charge < -0.3 is 18.6 Å². The van der Waals surface area contributed by atoms with Crippen molar-refractivity contribution in [2.75, 3.05) is 19.1 Å². The maximum atomic E-state index is 15.6. The molecular formula is C27H38FNO6Si. The molecule has 0 N–H and O–H groups in total. The monoisotopic (exact) mass is 519 g/mol. The highest BCUT2D eigenvalue weighted by Crippen LogP contribution is 2.39. The Kier molecular flexibility index (Phi) is 8.83. The zero-order chi connectivity index (χ0) is 27.5. The van der Waals surface area contributed by atoms with Crippen LogP contribution in [-0.2, 0) is 14.3 Å². The Hall–Kier alpha value is -3.07. The average molecular weight is 520 g/mol. The van der Waals surface area contributed by atoms with E-state index in [1.54, 1.807) is 51.1 Å². The van der Waals surface area contributed by atoms with Gasteiger partial charge in [-0.25, -0.2) is 14.0 Å². The van der Waals surface area contributed by atoms with Crippen LogP contribution in [0, 0.1) is 5.82 Å². The first-order valence-corrected chi connectivity index (χ1v) is 14.6. The summed E-state index contributed by atoms with van der Waals surface area (Å²) in [7, 11) is 0.474. The van der Waals surface area contributed by atoms with Gasteiger partial charge in [0.1, 0.15) is 22.9 Å². The molecule has 9 heteroatoms. The molecule has 0 heterocycles. The molecule has 0 unspecified atom stereocenters. The molecule has 198 valence electrons. The maximum Gasteiger partial charge on any atom is 0.415 e. The normalized spacial score (nSPS) is 13.0. The first kappa shape index (κ1) is 29.2. The topological polar surface area (TPSA) is 74.3 Å². The molecule has 0 saturated carbocycles. The van der Waals surface area contributed by atoms with E-state index in [1.807, 2.05) is 0 Å². The Balaban J connectivity index is 2.62. The van der Waals surface area contributed by atoms with Crippen LogP contribution in [0.1, 0.15) is 53.1 Å². The predicted molar refractivity (Wildman–Crippen MR) is 141 cm³/mol. The zero-order valence-corrected chi connectivity index (χ0v) is 23.9. The van der Waals surface area contributed by atoms with E-state index < -0.39 is 37.8 Å². The minimum atomic E-state index is -2.22. The lowest BCUT2D eigenvalue weighted by Gasteiger charge is -2.36. The maximum absolute atomic E-state index is 15.6. The summed E-state index contributed by atoms with van der Waals surface area (Å²) in [5, 5.41) is -0.0847. The van der Waals surface area contributed by atoms with Gasteiger partial charge >= 0.3 is 12.1 Å². The summed E-state index contributed by atoms with van der Waals surface area (Å²) in [4.78, 5) is 27.5. The zero-order valence-electron chi connectivity index (χ0n) is 22.9. The Labute approximate surface area is 214 Å². The molecule has 0 aliphatic carbocycles. The largest absolute Gasteiger partial charge is 0.543 e. The van der Waals surface area contributed by atoms with Gasteiger partial charge in [-0.3, -0.25) is 4.90 Å². The van der Waals surface area contributed by atoms with E-state index in [1.165, 1.54) is 26.4 Å². The average Bonchev–Trinajstić information content (AvgIpc) is 2.75. The van der Waals surface area contributed by atoms with E-state index in [0.717, 1.165) is 4.90 Å². The standard InChI is InChI=1S/C27H38FNO6Si/c1-26(2,3)34-25(31)29(18-11-13-19(32-7)14-12-18)23(24(30)33-8)21-16-15-20(17-22(21)28)35-36(9,10)27(4,5)6/h11-17,23H,1-10H3/t23-/m0/s1. The molecule has 1 atom stereocenters. The number of benzene rings is 2. The molecule has 0 saturated heterocycles. The van der Waals surface area contributed by atoms with Crippen molar-refractivity contribution in [2.45, 2.75) is 71.3 Å². The number of rotatable bonds is 7. The molecule has 0 aliphatic heterocycles. The number of hydrogen-bond donors (Lipinski definition) is 0. The third-order valence-electron chi connectivity index (χ3n) is 6.07. The molecule has 36 heavy (non-hydrogen) atoms. The number of anilines is 1. The van der Waals surface area contributed by atoms with Gasteiger partial charge in [0.05, 0.1) is 14.2 Å². The van der Waals surface area contributed by atoms with Gasteiger partial charge in [-0.15, -0.1) is 0 Å². The number of amides is 1. The van der Waals surface area contributed by atoms with E-state index in [4.69, 9.17) is 18.6 Å². The van der Waals surface area contributed by atoms with Crippen molar-refractivity contribution in [3.05, 3.63) is 53.8 Å². The molecule has 2 aromatic rings. The fourth-order valence-electron chi connectivity index (χ4n) is 3.14. The molecule has 0 spiro atoms. The third-order valence-corrected chi connectivity index (χ3v) is 10.4. The lowest BCUT2D eigenvalue weighted by molar-refractivity contribution is -0.142. The van der Waals surface area contributed by atoms with Gasteiger partial charge in [-0.1, -0.05) is 20.8 Å². The highest BCUT2D eigenvalue weighted by molar-refractivity contribution is 6.74. The molecule has 0 aliphatic rings. The van der Waals surface area contributed by atoms with Crippen molar-refractivity contribution < 1.29 is 32.6 Å². The summed E-state index contributed by atoms with van der Waals surface area (Å²) < 4.78 is 37.6. The second-order valence-electron chi connectivity index (χ2n) is 11.0. The number of carbonyl (C=O) groups excluding carboxylic acids is 2. The molecule has 0 bridgehead atoms. The van der Waals surface area contributed by atoms with Crippen LogP contribution in [0.25, 0.3) is 0 Å². The summed E-state index contributed by atoms with van der Waals surface area (Å²) in [5.41, 5.74) is -0.602. The van der Waals surface area contributed by atoms with Crippen molar-refractivity contribution in [1.82, 2.24) is 0 Å². The lowest BCUT2D eigenvalue weighted by Crippen LogP contribution is -2.44. The van der Waals surface area contributed by atoms with Crippen molar-refractivity contribution >= 4 is 26.1 Å². The van der Waals surface area contributed by atoms with E-state index >= 15 is 4.39 Å². The quantitative estimate of drug-likeness (QED) is 0.293. The van der Waals surface area contributed by atoms with E-state index in [9.17, 15) is 9.59 Å². The van der Waals surface area contributed by atoms with Gasteiger partial charge in [-0.2, -0.15) is 0 Å². The number of nitrogens with zero attached hydrogens (tertiary/aromatic N) is 1. The second-order valence-corrected chi connectivity index (χ2v) is 15.7. The number of halogens is 1. The molecule has 2 aromatic carbocycles. The third kappa shape index (κ3) is 6.99. The van der Waals surface area contributed by atoms with Gasteiger partial charge in [-0.05, 0) is 75.3 Å². The van der Waals surface area contributed by atoms with Crippen molar-refractivity contribution in [3.63, 3.8) is 0 Å². The number of esters is 1. The summed E-state index contributed by atoms with van der Waals surface area (Å²) in [5.74, 6) is -0.618. The molecule has 0 radical (unpaired) electrons. The number of hydrogen-bond acceptors (Lipinski definition) is 6. The van der Waals surface area contributed by atoms with Gasteiger partial charge in [0.2, 0.25) is 8.32 Å². The van der Waals surface area contributed by atoms with Crippen LogP contribution in [0.15, 0.2) is 42.5 Å². The van der Waals surface area contributed by atoms with Gasteiger partial charge in [0.25, 0.3) is 0 Å². The lowest BCUT2D eigenvalue weighted by atomic mass is 10.0. The predicted octanol–water partition coefficient (Wildman–Crippen LogP) is 6.87. The molecular weight excluding hydrogens is 481 g/mol. The smallest absolute Gasteiger partial charge is 0.415 e. The van der Waals surface area contributed by atoms with Crippen molar-refractivity contribution in [1.29, 1.82) is 0 Å². The number of carbonyl (C=O) groups is 2. The van der Waals surface area contributed by atoms with Crippen LogP contribution in [0.3, 0.4) is 0 Å². The Morgan fingerprint density at radius 3 is 1.92 bits per heavy atom. The Morgan fingerprint density at radius 1 is 0.917 bits per heavy atom. The van der Waals surface area contributed by atoms with Gasteiger partial charge in [0.15, 0.2) is 6.04 Å². The summed E-state index contributed by atoms with van der Waals surface area (Å²) in [6.07, 6.45) is -0.830. The van der Waals surface area contributed by atoms with Crippen LogP contribution in [-0.4, -0.2) is 40.2 Å². The van der Waals surface area contributed by atoms with Crippen LogP contribution < -0.4 is 14.1 Å². The molecule has 0 fully saturated rings. The highest BCUT2D eigenvalue weighted by atomic mass is 28.4. The van der Waals surface area contributed by atoms with E-state index in [2.05, 4.69) is 33.9 Å². The first-order chi connectivity index (χ1) is 16.5. The summed E-state index contributed by atoms with van der Waals surface area (Å²) in [6, 6.07) is 9.29. The van der Waals surface area contributed by atoms with Crippen molar-refractivity contribution in [3.8, 4) is 11.5 Å². The van der Waals surface area contributed by atoms with Crippen LogP contribution in [0.2, 0.25) is 18.1 Å².